The van der Waals surface area contributed by atoms with Crippen molar-refractivity contribution in [1.82, 2.24) is 0 Å². The molecule has 0 spiro atoms. The van der Waals surface area contributed by atoms with E-state index in [1.807, 2.05) is 30.3 Å². The van der Waals surface area contributed by atoms with Gasteiger partial charge in [-0.15, -0.1) is 0 Å². The minimum absolute atomic E-state index is 0.313. The van der Waals surface area contributed by atoms with E-state index >= 15 is 0 Å². The third kappa shape index (κ3) is 1.86. The highest BCUT2D eigenvalue weighted by Crippen LogP contribution is 2.35. The molecule has 0 fully saturated rings. The molecule has 0 aromatic heterocycles. The number of rotatable bonds is 1. The first kappa shape index (κ1) is 10.9. The molecule has 2 N–H and O–H groups in total. The second kappa shape index (κ2) is 4.22. The number of fused-ring (bicyclic) bond motifs is 1. The molecule has 1 aliphatic carbocycles. The van der Waals surface area contributed by atoms with Gasteiger partial charge in [-0.3, -0.25) is 0 Å². The van der Waals surface area contributed by atoms with Gasteiger partial charge in [0.2, 0.25) is 0 Å². The molecular weight excluding hydrogens is 224 g/mol. The average molecular weight is 238 g/mol. The van der Waals surface area contributed by atoms with Crippen molar-refractivity contribution in [1.29, 1.82) is 0 Å². The quantitative estimate of drug-likeness (QED) is 0.797. The van der Waals surface area contributed by atoms with Crippen molar-refractivity contribution >= 4 is 11.6 Å². The average Bonchev–Trinajstić information content (AvgIpc) is 2.39. The van der Waals surface area contributed by atoms with Gasteiger partial charge in [0.25, 0.3) is 0 Å². The fourth-order valence-corrected chi connectivity index (χ4v) is 2.44. The second-order valence-electron chi connectivity index (χ2n) is 4.57. The lowest BCUT2D eigenvalue weighted by molar-refractivity contribution is 0.472. The number of allylic oxidation sites excluding steroid dienone is 1. The minimum atomic E-state index is 0.313. The lowest BCUT2D eigenvalue weighted by Gasteiger charge is -2.17. The van der Waals surface area contributed by atoms with Gasteiger partial charge in [0.05, 0.1) is 0 Å². The molecule has 0 saturated heterocycles. The number of aromatic hydroxyl groups is 2. The normalized spacial score (nSPS) is 13.9. The first-order valence-electron chi connectivity index (χ1n) is 6.05. The molecule has 2 aromatic rings. The highest BCUT2D eigenvalue weighted by molar-refractivity contribution is 5.86. The summed E-state index contributed by atoms with van der Waals surface area (Å²) >= 11 is 0. The van der Waals surface area contributed by atoms with Crippen LogP contribution in [0.15, 0.2) is 42.5 Å². The molecule has 3 rings (SSSR count). The number of phenols is 2. The maximum absolute atomic E-state index is 9.87. The van der Waals surface area contributed by atoms with Crippen LogP contribution in [-0.2, 0) is 6.42 Å². The number of hydrogen-bond acceptors (Lipinski definition) is 2. The molecule has 0 bridgehead atoms. The third-order valence-electron chi connectivity index (χ3n) is 3.37. The van der Waals surface area contributed by atoms with Crippen LogP contribution in [0, 0.1) is 0 Å². The number of phenolic OH excluding ortho intramolecular Hbond substituents is 2. The van der Waals surface area contributed by atoms with Gasteiger partial charge in [-0.2, -0.15) is 0 Å². The summed E-state index contributed by atoms with van der Waals surface area (Å²) in [5, 5.41) is 19.3. The number of para-hydroxylation sites is 1. The monoisotopic (exact) mass is 238 g/mol. The summed E-state index contributed by atoms with van der Waals surface area (Å²) in [5.74, 6) is 0.638. The fraction of sp³-hybridized carbons (Fsp3) is 0.125. The molecule has 18 heavy (non-hydrogen) atoms. The van der Waals surface area contributed by atoms with Crippen LogP contribution in [0.5, 0.6) is 11.5 Å². The maximum Gasteiger partial charge on any atom is 0.123 e. The van der Waals surface area contributed by atoms with Crippen molar-refractivity contribution in [3.63, 3.8) is 0 Å². The molecule has 1 aliphatic rings. The molecule has 0 radical (unpaired) electrons. The van der Waals surface area contributed by atoms with E-state index in [0.29, 0.717) is 11.5 Å². The number of aryl methyl sites for hydroxylation is 1. The molecule has 0 atom stereocenters. The van der Waals surface area contributed by atoms with Crippen LogP contribution in [0.2, 0.25) is 0 Å². The minimum Gasteiger partial charge on any atom is -0.508 e. The standard InChI is InChI=1S/C16H14O2/c17-14-8-7-11-9-13(6-5-12(11)10-14)15-3-1-2-4-16(15)18/h1-4,7-10,17-18H,5-6H2. The summed E-state index contributed by atoms with van der Waals surface area (Å²) in [4.78, 5) is 0. The Balaban J connectivity index is 2.07. The zero-order valence-electron chi connectivity index (χ0n) is 9.93. The Kier molecular flexibility index (Phi) is 2.56. The Bertz CT molecular complexity index is 627. The predicted octanol–water partition coefficient (Wildman–Crippen LogP) is 3.58. The van der Waals surface area contributed by atoms with E-state index in [9.17, 15) is 10.2 Å². The molecule has 0 aliphatic heterocycles. The Morgan fingerprint density at radius 3 is 2.56 bits per heavy atom. The topological polar surface area (TPSA) is 40.5 Å². The van der Waals surface area contributed by atoms with Crippen molar-refractivity contribution in [2.24, 2.45) is 0 Å². The van der Waals surface area contributed by atoms with E-state index in [1.165, 1.54) is 0 Å². The summed E-state index contributed by atoms with van der Waals surface area (Å²) in [6, 6.07) is 12.8. The third-order valence-corrected chi connectivity index (χ3v) is 3.37. The van der Waals surface area contributed by atoms with Gasteiger partial charge < -0.3 is 10.2 Å². The summed E-state index contributed by atoms with van der Waals surface area (Å²) in [6.07, 6.45) is 3.87. The van der Waals surface area contributed by atoms with Crippen molar-refractivity contribution in [2.75, 3.05) is 0 Å². The van der Waals surface area contributed by atoms with Crippen LogP contribution >= 0.6 is 0 Å². The number of benzene rings is 2. The fourth-order valence-electron chi connectivity index (χ4n) is 2.44. The van der Waals surface area contributed by atoms with Crippen LogP contribution in [0.3, 0.4) is 0 Å². The summed E-state index contributed by atoms with van der Waals surface area (Å²) < 4.78 is 0. The molecule has 2 heteroatoms. The lowest BCUT2D eigenvalue weighted by Crippen LogP contribution is -1.99. The van der Waals surface area contributed by atoms with Gasteiger partial charge in [0.1, 0.15) is 11.5 Å². The summed E-state index contributed by atoms with van der Waals surface area (Å²) in [5.41, 5.74) is 4.33. The van der Waals surface area contributed by atoms with Gasteiger partial charge in [-0.25, -0.2) is 0 Å². The maximum atomic E-state index is 9.87. The Morgan fingerprint density at radius 2 is 1.72 bits per heavy atom. The zero-order chi connectivity index (χ0) is 12.5. The van der Waals surface area contributed by atoms with E-state index in [2.05, 4.69) is 6.08 Å². The van der Waals surface area contributed by atoms with Crippen molar-refractivity contribution < 1.29 is 10.2 Å². The van der Waals surface area contributed by atoms with Gasteiger partial charge in [-0.1, -0.05) is 30.3 Å². The molecule has 0 unspecified atom stereocenters. The Labute approximate surface area is 106 Å². The largest absolute Gasteiger partial charge is 0.508 e. The van der Waals surface area contributed by atoms with Gasteiger partial charge in [0, 0.05) is 5.56 Å². The Morgan fingerprint density at radius 1 is 0.889 bits per heavy atom. The van der Waals surface area contributed by atoms with E-state index in [1.54, 1.807) is 12.1 Å². The summed E-state index contributed by atoms with van der Waals surface area (Å²) in [6.45, 7) is 0. The van der Waals surface area contributed by atoms with Gasteiger partial charge in [-0.05, 0) is 47.7 Å². The van der Waals surface area contributed by atoms with Crippen LogP contribution in [-0.4, -0.2) is 10.2 Å². The Hall–Kier alpha value is -2.22. The van der Waals surface area contributed by atoms with Gasteiger partial charge in [0.15, 0.2) is 0 Å². The number of hydrogen-bond donors (Lipinski definition) is 2. The van der Waals surface area contributed by atoms with Crippen LogP contribution in [0.4, 0.5) is 0 Å². The molecule has 0 heterocycles. The molecule has 0 saturated carbocycles. The molecule has 90 valence electrons. The van der Waals surface area contributed by atoms with Crippen LogP contribution < -0.4 is 0 Å². The van der Waals surface area contributed by atoms with Crippen LogP contribution in [0.25, 0.3) is 11.6 Å². The first-order chi connectivity index (χ1) is 8.74. The molecular formula is C16H14O2. The first-order valence-corrected chi connectivity index (χ1v) is 6.05. The zero-order valence-corrected chi connectivity index (χ0v) is 9.93. The SMILES string of the molecule is Oc1ccc2c(c1)CCC(c1ccccc1O)=C2. The van der Waals surface area contributed by atoms with Crippen LogP contribution in [0.1, 0.15) is 23.1 Å². The lowest BCUT2D eigenvalue weighted by atomic mass is 9.88. The molecule has 2 nitrogen and oxygen atoms in total. The van der Waals surface area contributed by atoms with E-state index in [0.717, 1.165) is 35.1 Å². The smallest absolute Gasteiger partial charge is 0.123 e. The van der Waals surface area contributed by atoms with Crippen molar-refractivity contribution in [3.8, 4) is 11.5 Å². The molecule has 2 aromatic carbocycles. The van der Waals surface area contributed by atoms with E-state index < -0.39 is 0 Å². The van der Waals surface area contributed by atoms with Crippen molar-refractivity contribution in [3.05, 3.63) is 59.2 Å². The van der Waals surface area contributed by atoms with Crippen molar-refractivity contribution in [2.45, 2.75) is 12.8 Å². The van der Waals surface area contributed by atoms with E-state index in [-0.39, 0.29) is 0 Å². The second-order valence-corrected chi connectivity index (χ2v) is 4.57. The van der Waals surface area contributed by atoms with Gasteiger partial charge >= 0.3 is 0 Å². The highest BCUT2D eigenvalue weighted by Gasteiger charge is 2.14. The molecule has 0 amide bonds. The summed E-state index contributed by atoms with van der Waals surface area (Å²) in [7, 11) is 0. The highest BCUT2D eigenvalue weighted by atomic mass is 16.3. The predicted molar refractivity (Wildman–Crippen MR) is 72.4 cm³/mol. The van der Waals surface area contributed by atoms with E-state index in [4.69, 9.17) is 0 Å².